The number of carbonyl (C=O) groups excluding carboxylic acids is 2. The highest BCUT2D eigenvalue weighted by Gasteiger charge is 2.45. The Morgan fingerprint density at radius 2 is 1.76 bits per heavy atom. The first-order valence-corrected chi connectivity index (χ1v) is 13.7. The van der Waals surface area contributed by atoms with Crippen molar-refractivity contribution in [1.29, 1.82) is 0 Å². The van der Waals surface area contributed by atoms with Gasteiger partial charge in [-0.25, -0.2) is 17.9 Å². The fraction of sp³-hybridized carbons (Fsp3) is 0.625. The van der Waals surface area contributed by atoms with Gasteiger partial charge in [0.05, 0.1) is 4.90 Å². The van der Waals surface area contributed by atoms with Crippen LogP contribution in [-0.4, -0.2) is 60.9 Å². The van der Waals surface area contributed by atoms with Crippen LogP contribution < -0.4 is 10.0 Å². The number of aliphatic carboxylic acids is 1. The Morgan fingerprint density at radius 1 is 1.03 bits per heavy atom. The molecule has 0 aromatic heterocycles. The maximum Gasteiger partial charge on any atom is 0.326 e. The standard InChI is InChI=1S/C24H33N3O6S/c28-21-12-5-4-7-16-8-6-11-19(13-16)34(32,33)26-18-14-20(24(30)31)27(15-18)23(29)22(25-21)17-9-2-1-3-10-17/h6,8,11,13,17-18,20,22,26H,1-5,7,9-10,12,14-15H2,(H,25,28)(H,30,31)/t18-,20?,22?/m1/s1. The Bertz CT molecular complexity index is 1040. The SMILES string of the molecule is O=C1CCCCc2cccc(c2)S(=O)(=O)N[C@@H]2CC(C(=O)O)N(C2)C(=O)C(C2CCCCC2)N1. The Labute approximate surface area is 200 Å². The lowest BCUT2D eigenvalue weighted by Gasteiger charge is -2.34. The van der Waals surface area contributed by atoms with E-state index in [4.69, 9.17) is 0 Å². The van der Waals surface area contributed by atoms with Crippen LogP contribution in [0.5, 0.6) is 0 Å². The van der Waals surface area contributed by atoms with Crippen molar-refractivity contribution in [2.45, 2.75) is 87.2 Å². The summed E-state index contributed by atoms with van der Waals surface area (Å²) in [6, 6.07) is 4.00. The van der Waals surface area contributed by atoms with Crippen molar-refractivity contribution >= 4 is 27.8 Å². The summed E-state index contributed by atoms with van der Waals surface area (Å²) in [4.78, 5) is 39.8. The molecule has 1 aliphatic carbocycles. The van der Waals surface area contributed by atoms with E-state index < -0.39 is 40.0 Å². The molecule has 2 amide bonds. The summed E-state index contributed by atoms with van der Waals surface area (Å²) in [6.07, 6.45) is 6.81. The number of nitrogens with zero attached hydrogens (tertiary/aromatic N) is 1. The van der Waals surface area contributed by atoms with E-state index >= 15 is 0 Å². The van der Waals surface area contributed by atoms with Gasteiger partial charge >= 0.3 is 5.97 Å². The van der Waals surface area contributed by atoms with Crippen LogP contribution in [0.4, 0.5) is 0 Å². The van der Waals surface area contributed by atoms with Crippen LogP contribution >= 0.6 is 0 Å². The fourth-order valence-electron chi connectivity index (χ4n) is 5.44. The maximum absolute atomic E-state index is 13.6. The minimum atomic E-state index is -3.88. The summed E-state index contributed by atoms with van der Waals surface area (Å²) in [5.41, 5.74) is 0.863. The molecular weight excluding hydrogens is 458 g/mol. The predicted molar refractivity (Wildman–Crippen MR) is 124 cm³/mol. The minimum Gasteiger partial charge on any atom is -0.480 e. The summed E-state index contributed by atoms with van der Waals surface area (Å²) in [5.74, 6) is -1.85. The number of hydrogen-bond donors (Lipinski definition) is 3. The number of carboxylic acid groups (broad SMARTS) is 1. The third kappa shape index (κ3) is 5.60. The number of hydrogen-bond acceptors (Lipinski definition) is 5. The average Bonchev–Trinajstić information content (AvgIpc) is 3.23. The molecule has 9 nitrogen and oxygen atoms in total. The molecule has 4 rings (SSSR count). The Morgan fingerprint density at radius 3 is 2.50 bits per heavy atom. The largest absolute Gasteiger partial charge is 0.480 e. The van der Waals surface area contributed by atoms with Crippen molar-refractivity contribution < 1.29 is 27.9 Å². The first kappa shape index (κ1) is 24.7. The van der Waals surface area contributed by atoms with E-state index in [2.05, 4.69) is 10.0 Å². The van der Waals surface area contributed by atoms with Gasteiger partial charge in [0.25, 0.3) is 0 Å². The van der Waals surface area contributed by atoms with Crippen LogP contribution in [0.15, 0.2) is 29.2 Å². The molecule has 3 N–H and O–H groups in total. The number of sulfonamides is 1. The third-order valence-corrected chi connectivity index (χ3v) is 8.74. The van der Waals surface area contributed by atoms with Crippen LogP contribution in [0.3, 0.4) is 0 Å². The van der Waals surface area contributed by atoms with E-state index in [0.717, 1.165) is 37.7 Å². The van der Waals surface area contributed by atoms with Gasteiger partial charge in [0.2, 0.25) is 21.8 Å². The van der Waals surface area contributed by atoms with Crippen LogP contribution in [0.2, 0.25) is 0 Å². The second kappa shape index (κ2) is 10.4. The number of fused-ring (bicyclic) bond motifs is 4. The molecule has 2 aliphatic heterocycles. The summed E-state index contributed by atoms with van der Waals surface area (Å²) in [5, 5.41) is 12.7. The van der Waals surface area contributed by atoms with Crippen molar-refractivity contribution in [2.24, 2.45) is 5.92 Å². The molecule has 1 aromatic carbocycles. The number of aryl methyl sites for hydroxylation is 1. The quantitative estimate of drug-likeness (QED) is 0.578. The number of carbonyl (C=O) groups is 3. The molecule has 3 atom stereocenters. The average molecular weight is 492 g/mol. The first-order valence-electron chi connectivity index (χ1n) is 12.2. The molecule has 0 radical (unpaired) electrons. The zero-order chi connectivity index (χ0) is 24.3. The molecule has 186 valence electrons. The van der Waals surface area contributed by atoms with Gasteiger partial charge < -0.3 is 15.3 Å². The molecule has 2 unspecified atom stereocenters. The van der Waals surface area contributed by atoms with Crippen molar-refractivity contribution in [1.82, 2.24) is 14.9 Å². The highest BCUT2D eigenvalue weighted by atomic mass is 32.2. The third-order valence-electron chi connectivity index (χ3n) is 7.22. The van der Waals surface area contributed by atoms with E-state index in [9.17, 15) is 27.9 Å². The second-order valence-corrected chi connectivity index (χ2v) is 11.4. The second-order valence-electron chi connectivity index (χ2n) is 9.70. The van der Waals surface area contributed by atoms with E-state index in [-0.39, 0.29) is 36.1 Å². The highest BCUT2D eigenvalue weighted by Crippen LogP contribution is 2.30. The van der Waals surface area contributed by atoms with E-state index in [1.165, 1.54) is 11.0 Å². The molecule has 3 aliphatic rings. The van der Waals surface area contributed by atoms with Gasteiger partial charge in [-0.15, -0.1) is 0 Å². The van der Waals surface area contributed by atoms with Crippen molar-refractivity contribution in [2.75, 3.05) is 6.54 Å². The zero-order valence-corrected chi connectivity index (χ0v) is 20.1. The topological polar surface area (TPSA) is 133 Å². The van der Waals surface area contributed by atoms with Gasteiger partial charge in [0.1, 0.15) is 12.1 Å². The van der Waals surface area contributed by atoms with Crippen LogP contribution in [-0.2, 0) is 30.8 Å². The van der Waals surface area contributed by atoms with Crippen LogP contribution in [0.1, 0.15) is 63.4 Å². The lowest BCUT2D eigenvalue weighted by atomic mass is 9.83. The van der Waals surface area contributed by atoms with Gasteiger partial charge in [0, 0.05) is 19.0 Å². The number of rotatable bonds is 2. The molecular formula is C24H33N3O6S. The van der Waals surface area contributed by atoms with Gasteiger partial charge in [-0.05, 0) is 62.1 Å². The van der Waals surface area contributed by atoms with Gasteiger partial charge in [-0.2, -0.15) is 0 Å². The summed E-state index contributed by atoms with van der Waals surface area (Å²) < 4.78 is 28.7. The molecule has 2 heterocycles. The molecule has 0 spiro atoms. The van der Waals surface area contributed by atoms with Crippen molar-refractivity contribution in [3.63, 3.8) is 0 Å². The number of benzene rings is 1. The molecule has 2 fully saturated rings. The minimum absolute atomic E-state index is 0.0225. The summed E-state index contributed by atoms with van der Waals surface area (Å²) in [7, 11) is -3.88. The molecule has 1 saturated carbocycles. The number of amides is 2. The number of carboxylic acids is 1. The van der Waals surface area contributed by atoms with E-state index in [0.29, 0.717) is 19.3 Å². The summed E-state index contributed by atoms with van der Waals surface area (Å²) in [6.45, 7) is -0.0478. The van der Waals surface area contributed by atoms with Crippen molar-refractivity contribution in [3.8, 4) is 0 Å². The Kier molecular flexibility index (Phi) is 7.57. The highest BCUT2D eigenvalue weighted by molar-refractivity contribution is 7.89. The summed E-state index contributed by atoms with van der Waals surface area (Å²) >= 11 is 0. The van der Waals surface area contributed by atoms with E-state index in [1.54, 1.807) is 12.1 Å². The molecule has 34 heavy (non-hydrogen) atoms. The number of nitrogens with one attached hydrogen (secondary N) is 2. The van der Waals surface area contributed by atoms with Gasteiger partial charge in [-0.3, -0.25) is 9.59 Å². The van der Waals surface area contributed by atoms with Crippen LogP contribution in [0.25, 0.3) is 0 Å². The normalized spacial score (nSPS) is 28.9. The van der Waals surface area contributed by atoms with E-state index in [1.807, 2.05) is 6.07 Å². The Hall–Kier alpha value is -2.46. The predicted octanol–water partition coefficient (Wildman–Crippen LogP) is 1.81. The van der Waals surface area contributed by atoms with Crippen molar-refractivity contribution in [3.05, 3.63) is 29.8 Å². The molecule has 1 aromatic rings. The molecule has 10 heteroatoms. The van der Waals surface area contributed by atoms with Gasteiger partial charge in [0.15, 0.2) is 0 Å². The zero-order valence-electron chi connectivity index (χ0n) is 19.2. The molecule has 4 bridgehead atoms. The first-order chi connectivity index (χ1) is 16.2. The lowest BCUT2D eigenvalue weighted by molar-refractivity contribution is -0.150. The lowest BCUT2D eigenvalue weighted by Crippen LogP contribution is -2.55. The monoisotopic (exact) mass is 491 g/mol. The van der Waals surface area contributed by atoms with Crippen LogP contribution in [0, 0.1) is 5.92 Å². The molecule has 1 saturated heterocycles. The van der Waals surface area contributed by atoms with Gasteiger partial charge in [-0.1, -0.05) is 31.4 Å². The smallest absolute Gasteiger partial charge is 0.326 e. The Balaban J connectivity index is 1.66. The fourth-order valence-corrected chi connectivity index (χ4v) is 6.75. The maximum atomic E-state index is 13.6.